The van der Waals surface area contributed by atoms with Gasteiger partial charge in [0.15, 0.2) is 17.8 Å². The second-order valence-corrected chi connectivity index (χ2v) is 8.93. The van der Waals surface area contributed by atoms with Crippen molar-refractivity contribution in [3.05, 3.63) is 86.9 Å². The lowest BCUT2D eigenvalue weighted by Crippen LogP contribution is -2.37. The third-order valence-corrected chi connectivity index (χ3v) is 5.83. The summed E-state index contributed by atoms with van der Waals surface area (Å²) in [5.74, 6) is 0.314. The van der Waals surface area contributed by atoms with Gasteiger partial charge in [-0.3, -0.25) is 9.13 Å². The number of imidazole rings is 1. The van der Waals surface area contributed by atoms with Gasteiger partial charge in [0.1, 0.15) is 6.10 Å². The molecule has 0 aliphatic carbocycles. The van der Waals surface area contributed by atoms with E-state index in [-0.39, 0.29) is 23.9 Å². The molecule has 0 aliphatic rings. The lowest BCUT2D eigenvalue weighted by atomic mass is 10.1. The average molecular weight is 542 g/mol. The van der Waals surface area contributed by atoms with Crippen LogP contribution in [0.4, 0.5) is 13.2 Å². The Bertz CT molecular complexity index is 1430. The van der Waals surface area contributed by atoms with Crippen molar-refractivity contribution in [2.45, 2.75) is 38.4 Å². The lowest BCUT2D eigenvalue weighted by molar-refractivity contribution is -0.207. The number of benzene rings is 2. The summed E-state index contributed by atoms with van der Waals surface area (Å²) in [6.07, 6.45) is -7.32. The number of aromatic nitrogens is 5. The van der Waals surface area contributed by atoms with E-state index < -0.39 is 30.6 Å². The van der Waals surface area contributed by atoms with Crippen LogP contribution in [0.25, 0.3) is 16.9 Å². The fourth-order valence-corrected chi connectivity index (χ4v) is 3.87. The maximum Gasteiger partial charge on any atom is 0.416 e. The predicted octanol–water partition coefficient (Wildman–Crippen LogP) is 4.23. The molecule has 2 aromatic heterocycles. The number of rotatable bonds is 7. The zero-order valence-corrected chi connectivity index (χ0v) is 20.2. The molecule has 2 unspecified atom stereocenters. The number of hydrogen-bond acceptors (Lipinski definition) is 5. The van der Waals surface area contributed by atoms with E-state index in [0.717, 1.165) is 9.13 Å². The van der Waals surface area contributed by atoms with Gasteiger partial charge < -0.3 is 10.2 Å². The van der Waals surface area contributed by atoms with Gasteiger partial charge in [-0.05, 0) is 42.8 Å². The van der Waals surface area contributed by atoms with Crippen molar-refractivity contribution in [2.24, 2.45) is 0 Å². The van der Waals surface area contributed by atoms with Crippen molar-refractivity contribution in [3.8, 4) is 16.9 Å². The van der Waals surface area contributed by atoms with E-state index in [1.54, 1.807) is 36.4 Å². The molecule has 0 bridgehead atoms. The van der Waals surface area contributed by atoms with Gasteiger partial charge in [-0.25, -0.2) is 14.5 Å². The first kappa shape index (κ1) is 26.0. The van der Waals surface area contributed by atoms with Gasteiger partial charge >= 0.3 is 11.9 Å². The molecule has 0 saturated carbocycles. The Morgan fingerprint density at radius 2 is 1.75 bits per heavy atom. The highest BCUT2D eigenvalue weighted by Crippen LogP contribution is 2.26. The zero-order valence-electron chi connectivity index (χ0n) is 18.7. The van der Waals surface area contributed by atoms with Crippen LogP contribution in [0, 0.1) is 0 Å². The van der Waals surface area contributed by atoms with E-state index in [4.69, 9.17) is 23.2 Å². The quantitative estimate of drug-likeness (QED) is 0.365. The molecule has 8 nitrogen and oxygen atoms in total. The summed E-state index contributed by atoms with van der Waals surface area (Å²) in [6, 6.07) is 12.8. The summed E-state index contributed by atoms with van der Waals surface area (Å²) in [5, 5.41) is 24.8. The first-order valence-corrected chi connectivity index (χ1v) is 11.4. The second-order valence-electron chi connectivity index (χ2n) is 8.05. The van der Waals surface area contributed by atoms with Gasteiger partial charge in [0.25, 0.3) is 0 Å². The van der Waals surface area contributed by atoms with E-state index in [9.17, 15) is 28.2 Å². The van der Waals surface area contributed by atoms with Crippen LogP contribution in [-0.2, 0) is 13.1 Å². The Morgan fingerprint density at radius 3 is 2.36 bits per heavy atom. The zero-order chi connectivity index (χ0) is 26.2. The Balaban J connectivity index is 1.82. The highest BCUT2D eigenvalue weighted by atomic mass is 35.5. The van der Waals surface area contributed by atoms with Crippen molar-refractivity contribution in [2.75, 3.05) is 0 Å². The Morgan fingerprint density at radius 1 is 1.06 bits per heavy atom. The summed E-state index contributed by atoms with van der Waals surface area (Å²) in [7, 11) is 0. The van der Waals surface area contributed by atoms with Crippen LogP contribution in [0.3, 0.4) is 0 Å². The normalized spacial score (nSPS) is 13.7. The van der Waals surface area contributed by atoms with Gasteiger partial charge in [-0.1, -0.05) is 41.4 Å². The van der Waals surface area contributed by atoms with Gasteiger partial charge in [-0.2, -0.15) is 13.2 Å². The molecule has 2 aromatic carbocycles. The van der Waals surface area contributed by atoms with Crippen molar-refractivity contribution in [3.63, 3.8) is 0 Å². The van der Waals surface area contributed by atoms with Crippen LogP contribution in [0.1, 0.15) is 24.7 Å². The number of hydrogen-bond donors (Lipinski definition) is 2. The molecule has 0 aliphatic heterocycles. The minimum absolute atomic E-state index is 0.0860. The number of halogens is 5. The molecule has 0 radical (unpaired) electrons. The van der Waals surface area contributed by atoms with E-state index in [1.807, 2.05) is 0 Å². The van der Waals surface area contributed by atoms with Crippen LogP contribution in [-0.4, -0.2) is 46.4 Å². The van der Waals surface area contributed by atoms with E-state index in [1.165, 1.54) is 29.9 Å². The second kappa shape index (κ2) is 10.1. The summed E-state index contributed by atoms with van der Waals surface area (Å²) in [5.41, 5.74) is 0.271. The number of aliphatic hydroxyl groups is 2. The smallest absolute Gasteiger partial charge is 0.385 e. The molecule has 4 aromatic rings. The number of nitrogens with zero attached hydrogens (tertiary/aromatic N) is 5. The van der Waals surface area contributed by atoms with Crippen LogP contribution in [0.5, 0.6) is 0 Å². The molecule has 36 heavy (non-hydrogen) atoms. The van der Waals surface area contributed by atoms with Crippen molar-refractivity contribution < 1.29 is 23.4 Å². The van der Waals surface area contributed by atoms with Gasteiger partial charge in [-0.15, -0.1) is 5.10 Å². The average Bonchev–Trinajstić information content (AvgIpc) is 3.36. The van der Waals surface area contributed by atoms with Gasteiger partial charge in [0.05, 0.1) is 24.5 Å². The molecule has 0 fully saturated rings. The van der Waals surface area contributed by atoms with Crippen molar-refractivity contribution >= 4 is 23.2 Å². The minimum Gasteiger partial charge on any atom is -0.385 e. The fourth-order valence-electron chi connectivity index (χ4n) is 3.56. The molecule has 0 amide bonds. The highest BCUT2D eigenvalue weighted by molar-refractivity contribution is 6.31. The maximum absolute atomic E-state index is 13.2. The molecular weight excluding hydrogens is 522 g/mol. The van der Waals surface area contributed by atoms with Crippen LogP contribution in [0.2, 0.25) is 10.0 Å². The Hall–Kier alpha value is -3.12. The molecule has 4 rings (SSSR count). The predicted molar refractivity (Wildman–Crippen MR) is 127 cm³/mol. The van der Waals surface area contributed by atoms with E-state index in [2.05, 4.69) is 10.1 Å². The molecule has 2 heterocycles. The summed E-state index contributed by atoms with van der Waals surface area (Å²) >= 11 is 12.0. The Labute approximate surface area is 212 Å². The third-order valence-electron chi connectivity index (χ3n) is 5.35. The summed E-state index contributed by atoms with van der Waals surface area (Å²) in [4.78, 5) is 17.6. The highest BCUT2D eigenvalue weighted by Gasteiger charge is 2.39. The molecule has 2 atom stereocenters. The first-order valence-electron chi connectivity index (χ1n) is 10.6. The molecule has 0 saturated heterocycles. The largest absolute Gasteiger partial charge is 0.416 e. The monoisotopic (exact) mass is 541 g/mol. The molecule has 2 N–H and O–H groups in total. The van der Waals surface area contributed by atoms with E-state index in [0.29, 0.717) is 21.3 Å². The fraction of sp³-hybridized carbons (Fsp3) is 0.261. The molecule has 0 spiro atoms. The summed E-state index contributed by atoms with van der Waals surface area (Å²) < 4.78 is 42.7. The molecular formula is C23H20Cl2F3N5O3. The van der Waals surface area contributed by atoms with E-state index >= 15 is 0 Å². The Kier molecular flexibility index (Phi) is 7.28. The van der Waals surface area contributed by atoms with Crippen molar-refractivity contribution in [1.29, 1.82) is 0 Å². The van der Waals surface area contributed by atoms with Gasteiger partial charge in [0.2, 0.25) is 0 Å². The first-order chi connectivity index (χ1) is 16.9. The van der Waals surface area contributed by atoms with Gasteiger partial charge in [0, 0.05) is 16.2 Å². The maximum atomic E-state index is 13.2. The number of alkyl halides is 3. The van der Waals surface area contributed by atoms with Crippen LogP contribution < -0.4 is 5.69 Å². The van der Waals surface area contributed by atoms with Crippen molar-refractivity contribution in [1.82, 2.24) is 23.9 Å². The molecule has 13 heteroatoms. The topological polar surface area (TPSA) is 98.1 Å². The minimum atomic E-state index is -4.92. The van der Waals surface area contributed by atoms with Crippen LogP contribution in [0.15, 0.2) is 59.5 Å². The SMILES string of the molecule is CC(O)c1nc(Cn2cc(-c3ccc(Cl)cc3)n(CC(O)C(F)(F)F)c2=O)n(-c2cccc(Cl)c2)n1. The van der Waals surface area contributed by atoms with Crippen LogP contribution >= 0.6 is 23.2 Å². The standard InChI is InChI=1S/C23H20Cl2F3N5O3/c1-13(34)21-29-20(33(30-21)17-4-2-3-16(25)9-17)12-31-10-18(14-5-7-15(24)8-6-14)32(22(31)36)11-19(35)23(26,27)28/h2-10,13,19,34-35H,11-12H2,1H3. The lowest BCUT2D eigenvalue weighted by Gasteiger charge is -2.16. The third kappa shape index (κ3) is 5.49. The number of aliphatic hydroxyl groups excluding tert-OH is 2. The summed E-state index contributed by atoms with van der Waals surface area (Å²) in [6.45, 7) is 0.273. The molecule has 190 valence electrons.